The molecule has 6 nitrogen and oxygen atoms in total. The highest BCUT2D eigenvalue weighted by atomic mass is 32.1. The lowest BCUT2D eigenvalue weighted by molar-refractivity contribution is 0.412. The summed E-state index contributed by atoms with van der Waals surface area (Å²) in [7, 11) is 4.07. The lowest BCUT2D eigenvalue weighted by atomic mass is 10.2. The summed E-state index contributed by atoms with van der Waals surface area (Å²) in [5.41, 5.74) is 0.968. The molecule has 3 rings (SSSR count). The van der Waals surface area contributed by atoms with Gasteiger partial charge in [-0.1, -0.05) is 23.5 Å². The van der Waals surface area contributed by atoms with Crippen LogP contribution in [0.4, 0.5) is 5.13 Å². The van der Waals surface area contributed by atoms with Gasteiger partial charge in [0.25, 0.3) is 0 Å². The molecule has 0 bridgehead atoms. The van der Waals surface area contributed by atoms with Gasteiger partial charge in [-0.2, -0.15) is 5.26 Å². The van der Waals surface area contributed by atoms with E-state index in [1.54, 1.807) is 17.5 Å². The van der Waals surface area contributed by atoms with Crippen molar-refractivity contribution in [2.45, 2.75) is 12.5 Å². The fraction of sp³-hybridized carbons (Fsp3) is 0.353. The third-order valence-corrected chi connectivity index (χ3v) is 4.73. The number of fused-ring (bicyclic) bond motifs is 1. The van der Waals surface area contributed by atoms with E-state index in [-0.39, 0.29) is 6.04 Å². The van der Waals surface area contributed by atoms with Crippen LogP contribution in [0.15, 0.2) is 41.5 Å². The Balaban J connectivity index is 1.89. The molecule has 0 saturated heterocycles. The number of guanidine groups is 1. The Morgan fingerprint density at radius 3 is 2.96 bits per heavy atom. The molecule has 0 fully saturated rings. The Labute approximate surface area is 145 Å². The van der Waals surface area contributed by atoms with Gasteiger partial charge in [0.15, 0.2) is 5.13 Å². The second-order valence-corrected chi connectivity index (χ2v) is 6.80. The van der Waals surface area contributed by atoms with E-state index in [4.69, 9.17) is 10.2 Å². The molecular formula is C17H20N6S. The van der Waals surface area contributed by atoms with Gasteiger partial charge in [-0.25, -0.2) is 9.98 Å². The number of hydrogen-bond donors (Lipinski definition) is 1. The van der Waals surface area contributed by atoms with Crippen molar-refractivity contribution in [3.8, 4) is 6.07 Å². The standard InChI is InChI=1S/C17H20N6S/c1-22(2)12-11-20-16-19-10-8-13(7-9-18)23(16)17-21-14-5-3-4-6-15(14)24-17/h3-6,8,10,13H,7,11-12H2,1-2H3,(H,19,20). The quantitative estimate of drug-likeness (QED) is 0.905. The second kappa shape index (κ2) is 7.43. The average Bonchev–Trinajstić information content (AvgIpc) is 2.98. The summed E-state index contributed by atoms with van der Waals surface area (Å²) in [6.07, 6.45) is 4.11. The fourth-order valence-corrected chi connectivity index (χ4v) is 3.51. The highest BCUT2D eigenvalue weighted by molar-refractivity contribution is 7.22. The summed E-state index contributed by atoms with van der Waals surface area (Å²) in [6, 6.07) is 10.3. The molecule has 0 spiro atoms. The van der Waals surface area contributed by atoms with Gasteiger partial charge in [-0.15, -0.1) is 0 Å². The Hall–Kier alpha value is -2.43. The minimum absolute atomic E-state index is 0.0603. The van der Waals surface area contributed by atoms with Crippen LogP contribution in [-0.2, 0) is 0 Å². The van der Waals surface area contributed by atoms with Crippen LogP contribution in [0.1, 0.15) is 6.42 Å². The summed E-state index contributed by atoms with van der Waals surface area (Å²) in [4.78, 5) is 13.4. The number of nitrogens with zero attached hydrogens (tertiary/aromatic N) is 5. The molecule has 1 N–H and O–H groups in total. The number of para-hydroxylation sites is 1. The summed E-state index contributed by atoms with van der Waals surface area (Å²) >= 11 is 1.62. The van der Waals surface area contributed by atoms with Crippen molar-refractivity contribution in [1.82, 2.24) is 15.2 Å². The number of thiazole rings is 1. The molecule has 0 saturated carbocycles. The molecule has 1 unspecified atom stereocenters. The summed E-state index contributed by atoms with van der Waals surface area (Å²) in [5.74, 6) is 0.749. The van der Waals surface area contributed by atoms with Gasteiger partial charge in [0.05, 0.1) is 28.7 Å². The van der Waals surface area contributed by atoms with Crippen LogP contribution in [0, 0.1) is 11.3 Å². The maximum absolute atomic E-state index is 9.16. The van der Waals surface area contributed by atoms with E-state index in [1.807, 2.05) is 43.3 Å². The fourth-order valence-electron chi connectivity index (χ4n) is 2.49. The van der Waals surface area contributed by atoms with Gasteiger partial charge < -0.3 is 10.2 Å². The zero-order valence-corrected chi connectivity index (χ0v) is 14.6. The van der Waals surface area contributed by atoms with Crippen LogP contribution in [0.25, 0.3) is 10.2 Å². The van der Waals surface area contributed by atoms with Crippen LogP contribution in [0.5, 0.6) is 0 Å². The van der Waals surface area contributed by atoms with Crippen molar-refractivity contribution in [1.29, 1.82) is 5.26 Å². The number of aromatic nitrogens is 1. The first-order chi connectivity index (χ1) is 11.7. The topological polar surface area (TPSA) is 67.6 Å². The zero-order valence-electron chi connectivity index (χ0n) is 13.8. The molecule has 1 aromatic heterocycles. The number of hydrogen-bond acceptors (Lipinski definition) is 7. The molecule has 24 heavy (non-hydrogen) atoms. The Morgan fingerprint density at radius 1 is 1.38 bits per heavy atom. The minimum Gasteiger partial charge on any atom is -0.354 e. The Kier molecular flexibility index (Phi) is 5.08. The van der Waals surface area contributed by atoms with Gasteiger partial charge in [0.2, 0.25) is 5.96 Å². The molecule has 2 heterocycles. The maximum Gasteiger partial charge on any atom is 0.205 e. The van der Waals surface area contributed by atoms with Crippen LogP contribution < -0.4 is 10.2 Å². The summed E-state index contributed by atoms with van der Waals surface area (Å²) in [5, 5.41) is 13.4. The van der Waals surface area contributed by atoms with Crippen molar-refractivity contribution >= 4 is 32.6 Å². The first-order valence-electron chi connectivity index (χ1n) is 7.84. The van der Waals surface area contributed by atoms with Crippen LogP contribution in [-0.4, -0.2) is 49.1 Å². The molecule has 0 aliphatic carbocycles. The molecule has 1 aliphatic rings. The predicted octanol–water partition coefficient (Wildman–Crippen LogP) is 2.42. The molecule has 0 radical (unpaired) electrons. The lowest BCUT2D eigenvalue weighted by Crippen LogP contribution is -2.49. The van der Waals surface area contributed by atoms with E-state index in [9.17, 15) is 0 Å². The van der Waals surface area contributed by atoms with E-state index in [0.29, 0.717) is 6.42 Å². The van der Waals surface area contributed by atoms with Crippen LogP contribution in [0.3, 0.4) is 0 Å². The molecule has 0 amide bonds. The van der Waals surface area contributed by atoms with Crippen molar-refractivity contribution in [3.05, 3.63) is 36.5 Å². The van der Waals surface area contributed by atoms with E-state index in [1.165, 1.54) is 0 Å². The molecule has 2 aromatic rings. The molecule has 1 aromatic carbocycles. The van der Waals surface area contributed by atoms with E-state index >= 15 is 0 Å². The number of nitrogens with one attached hydrogen (secondary N) is 1. The summed E-state index contributed by atoms with van der Waals surface area (Å²) < 4.78 is 1.13. The van der Waals surface area contributed by atoms with Crippen molar-refractivity contribution in [3.63, 3.8) is 0 Å². The first kappa shape index (κ1) is 16.4. The Bertz CT molecular complexity index is 768. The first-order valence-corrected chi connectivity index (χ1v) is 8.65. The zero-order chi connectivity index (χ0) is 16.9. The second-order valence-electron chi connectivity index (χ2n) is 5.79. The number of likely N-dealkylation sites (N-methyl/N-ethyl adjacent to an activating group) is 1. The van der Waals surface area contributed by atoms with Gasteiger partial charge in [0, 0.05) is 19.3 Å². The Morgan fingerprint density at radius 2 is 2.21 bits per heavy atom. The molecular weight excluding hydrogens is 320 g/mol. The monoisotopic (exact) mass is 340 g/mol. The van der Waals surface area contributed by atoms with E-state index in [0.717, 1.165) is 34.4 Å². The molecule has 1 aliphatic heterocycles. The largest absolute Gasteiger partial charge is 0.354 e. The smallest absolute Gasteiger partial charge is 0.205 e. The number of nitriles is 1. The maximum atomic E-state index is 9.16. The third kappa shape index (κ3) is 3.55. The molecule has 1 atom stereocenters. The van der Waals surface area contributed by atoms with Crippen LogP contribution >= 0.6 is 11.3 Å². The average molecular weight is 340 g/mol. The third-order valence-electron chi connectivity index (χ3n) is 3.70. The molecule has 124 valence electrons. The van der Waals surface area contributed by atoms with Gasteiger partial charge in [-0.3, -0.25) is 4.90 Å². The number of aliphatic imine (C=N–C) groups is 1. The van der Waals surface area contributed by atoms with Gasteiger partial charge >= 0.3 is 0 Å². The van der Waals surface area contributed by atoms with Crippen molar-refractivity contribution in [2.75, 3.05) is 32.1 Å². The normalized spacial score (nSPS) is 17.2. The number of anilines is 1. The SMILES string of the molecule is CN(C)CCNC1=NC=CC(CC#N)N1c1nc2ccccc2s1. The lowest BCUT2D eigenvalue weighted by Gasteiger charge is -2.31. The van der Waals surface area contributed by atoms with Crippen molar-refractivity contribution < 1.29 is 0 Å². The molecule has 7 heteroatoms. The van der Waals surface area contributed by atoms with Gasteiger partial charge in [0.1, 0.15) is 0 Å². The minimum atomic E-state index is -0.0603. The number of rotatable bonds is 5. The van der Waals surface area contributed by atoms with Gasteiger partial charge in [-0.05, 0) is 32.3 Å². The highest BCUT2D eigenvalue weighted by Crippen LogP contribution is 2.31. The van der Waals surface area contributed by atoms with E-state index < -0.39 is 0 Å². The van der Waals surface area contributed by atoms with Crippen molar-refractivity contribution in [2.24, 2.45) is 4.99 Å². The highest BCUT2D eigenvalue weighted by Gasteiger charge is 2.26. The summed E-state index contributed by atoms with van der Waals surface area (Å²) in [6.45, 7) is 1.68. The van der Waals surface area contributed by atoms with E-state index in [2.05, 4.69) is 27.3 Å². The number of benzene rings is 1. The predicted molar refractivity (Wildman–Crippen MR) is 99.2 cm³/mol. The van der Waals surface area contributed by atoms with Crippen LogP contribution in [0.2, 0.25) is 0 Å².